The molecule has 0 radical (unpaired) electrons. The van der Waals surface area contributed by atoms with Gasteiger partial charge in [0.25, 0.3) is 5.91 Å². The number of nitrogens with zero attached hydrogens (tertiary/aromatic N) is 3. The lowest BCUT2D eigenvalue weighted by Crippen LogP contribution is -2.13. The molecule has 7 nitrogen and oxygen atoms in total. The van der Waals surface area contributed by atoms with Gasteiger partial charge in [-0.25, -0.2) is 0 Å². The Hall–Kier alpha value is -3.91. The van der Waals surface area contributed by atoms with E-state index in [4.69, 9.17) is 9.47 Å². The van der Waals surface area contributed by atoms with Crippen LogP contribution in [0.15, 0.2) is 54.1 Å². The van der Waals surface area contributed by atoms with Gasteiger partial charge in [0, 0.05) is 0 Å². The fraction of sp³-hybridized carbons (Fsp3) is 0.182. The van der Waals surface area contributed by atoms with Gasteiger partial charge in [0.1, 0.15) is 17.7 Å². The zero-order valence-electron chi connectivity index (χ0n) is 17.4. The number of anilines is 1. The highest BCUT2D eigenvalue weighted by atomic mass is 32.1. The van der Waals surface area contributed by atoms with Gasteiger partial charge in [0.15, 0.2) is 11.5 Å². The summed E-state index contributed by atoms with van der Waals surface area (Å²) in [6.45, 7) is 1.89. The highest BCUT2D eigenvalue weighted by Crippen LogP contribution is 2.34. The molecule has 3 aromatic rings. The summed E-state index contributed by atoms with van der Waals surface area (Å²) in [5.74, 6) is -0.0787. The Morgan fingerprint density at radius 3 is 2.52 bits per heavy atom. The number of hydrogen-bond donors (Lipinski definition) is 1. The van der Waals surface area contributed by atoms with E-state index < -0.39 is 17.1 Å². The third-order valence-electron chi connectivity index (χ3n) is 4.32. The molecule has 0 fully saturated rings. The normalized spacial score (nSPS) is 12.5. The number of carbonyl (C=O) groups is 1. The van der Waals surface area contributed by atoms with Crippen molar-refractivity contribution < 1.29 is 27.4 Å². The summed E-state index contributed by atoms with van der Waals surface area (Å²) >= 11 is 0.162. The predicted octanol–water partition coefficient (Wildman–Crippen LogP) is 5.25. The van der Waals surface area contributed by atoms with E-state index >= 15 is 0 Å². The van der Waals surface area contributed by atoms with Crippen LogP contribution in [0.5, 0.6) is 11.5 Å². The smallest absolute Gasteiger partial charge is 0.445 e. The molecule has 0 spiro atoms. The summed E-state index contributed by atoms with van der Waals surface area (Å²) in [4.78, 5) is 12.3. The summed E-state index contributed by atoms with van der Waals surface area (Å²) in [6.07, 6.45) is -3.66. The van der Waals surface area contributed by atoms with Crippen LogP contribution < -0.4 is 14.8 Å². The summed E-state index contributed by atoms with van der Waals surface area (Å²) in [5, 5.41) is 16.2. The van der Waals surface area contributed by atoms with Crippen molar-refractivity contribution in [2.45, 2.75) is 19.2 Å². The first-order valence-corrected chi connectivity index (χ1v) is 10.3. The average molecular weight is 474 g/mol. The number of amides is 1. The maximum absolute atomic E-state index is 12.6. The Kier molecular flexibility index (Phi) is 7.30. The van der Waals surface area contributed by atoms with Crippen LogP contribution in [0, 0.1) is 11.3 Å². The lowest BCUT2D eigenvalue weighted by atomic mass is 10.1. The van der Waals surface area contributed by atoms with E-state index in [0.717, 1.165) is 5.56 Å². The molecule has 11 heteroatoms. The number of rotatable bonds is 7. The summed E-state index contributed by atoms with van der Waals surface area (Å²) in [7, 11) is 1.45. The molecule has 3 rings (SSSR count). The van der Waals surface area contributed by atoms with Crippen LogP contribution in [0.1, 0.15) is 29.2 Å². The van der Waals surface area contributed by atoms with Crippen molar-refractivity contribution in [3.8, 4) is 17.6 Å². The quantitative estimate of drug-likeness (QED) is 0.371. The second-order valence-electron chi connectivity index (χ2n) is 6.62. The standard InChI is InChI=1S/C22H17F3N4O3S/c1-13(15-6-4-3-5-7-15)32-17-9-8-14(11-18(17)31-2)10-16(12-26)19(30)27-21-29-28-20(33-21)22(23,24)25/h3-11,13H,1-2H3,(H,27,29,30)/b16-10-. The first-order valence-electron chi connectivity index (χ1n) is 9.44. The molecule has 1 atom stereocenters. The second-order valence-corrected chi connectivity index (χ2v) is 7.59. The number of hydrogen-bond acceptors (Lipinski definition) is 7. The van der Waals surface area contributed by atoms with E-state index in [1.807, 2.05) is 37.3 Å². The minimum Gasteiger partial charge on any atom is -0.493 e. The zero-order chi connectivity index (χ0) is 24.0. The highest BCUT2D eigenvalue weighted by Gasteiger charge is 2.35. The maximum atomic E-state index is 12.6. The van der Waals surface area contributed by atoms with Crippen molar-refractivity contribution in [2.75, 3.05) is 12.4 Å². The van der Waals surface area contributed by atoms with Gasteiger partial charge in [-0.1, -0.05) is 47.7 Å². The van der Waals surface area contributed by atoms with Gasteiger partial charge in [-0.3, -0.25) is 10.1 Å². The molecule has 1 aromatic heterocycles. The number of nitriles is 1. The monoisotopic (exact) mass is 474 g/mol. The summed E-state index contributed by atoms with van der Waals surface area (Å²) in [6, 6.07) is 16.1. The van der Waals surface area contributed by atoms with Crippen molar-refractivity contribution in [2.24, 2.45) is 0 Å². The third kappa shape index (κ3) is 6.08. The third-order valence-corrected chi connectivity index (χ3v) is 5.21. The lowest BCUT2D eigenvalue weighted by molar-refractivity contribution is -0.138. The van der Waals surface area contributed by atoms with Crippen LogP contribution in [0.4, 0.5) is 18.3 Å². The van der Waals surface area contributed by atoms with Crippen LogP contribution in [0.2, 0.25) is 0 Å². The van der Waals surface area contributed by atoms with Gasteiger partial charge >= 0.3 is 6.18 Å². The van der Waals surface area contributed by atoms with Gasteiger partial charge in [-0.2, -0.15) is 18.4 Å². The molecule has 0 saturated heterocycles. The first kappa shape index (κ1) is 23.7. The minimum absolute atomic E-state index is 0.162. The molecule has 1 amide bonds. The number of halogens is 3. The molecular formula is C22H17F3N4O3S. The van der Waals surface area contributed by atoms with E-state index in [2.05, 4.69) is 15.5 Å². The molecule has 170 valence electrons. The average Bonchev–Trinajstić information content (AvgIpc) is 3.27. The van der Waals surface area contributed by atoms with E-state index in [1.165, 1.54) is 13.2 Å². The predicted molar refractivity (Wildman–Crippen MR) is 116 cm³/mol. The van der Waals surface area contributed by atoms with Gasteiger partial charge in [-0.05, 0) is 36.3 Å². The number of aromatic nitrogens is 2. The van der Waals surface area contributed by atoms with Gasteiger partial charge < -0.3 is 9.47 Å². The molecule has 33 heavy (non-hydrogen) atoms. The number of methoxy groups -OCH3 is 1. The highest BCUT2D eigenvalue weighted by molar-refractivity contribution is 7.15. The van der Waals surface area contributed by atoms with Crippen LogP contribution in [0.25, 0.3) is 6.08 Å². The van der Waals surface area contributed by atoms with Crippen LogP contribution in [-0.4, -0.2) is 23.2 Å². The van der Waals surface area contributed by atoms with Crippen molar-refractivity contribution >= 4 is 28.5 Å². The Bertz CT molecular complexity index is 1200. The van der Waals surface area contributed by atoms with Crippen molar-refractivity contribution in [3.05, 3.63) is 70.2 Å². The molecule has 2 aromatic carbocycles. The number of benzene rings is 2. The minimum atomic E-state index is -4.67. The van der Waals surface area contributed by atoms with E-state index in [-0.39, 0.29) is 28.1 Å². The zero-order valence-corrected chi connectivity index (χ0v) is 18.2. The SMILES string of the molecule is COc1cc(/C=C(/C#N)C(=O)Nc2nnc(C(F)(F)F)s2)ccc1OC(C)c1ccccc1. The molecule has 0 aliphatic heterocycles. The Balaban J connectivity index is 1.77. The van der Waals surface area contributed by atoms with Gasteiger partial charge in [0.2, 0.25) is 10.1 Å². The summed E-state index contributed by atoms with van der Waals surface area (Å²) < 4.78 is 49.3. The molecule has 1 heterocycles. The van der Waals surface area contributed by atoms with E-state index in [9.17, 15) is 23.2 Å². The molecule has 0 saturated carbocycles. The van der Waals surface area contributed by atoms with Crippen LogP contribution in [0.3, 0.4) is 0 Å². The Morgan fingerprint density at radius 2 is 1.91 bits per heavy atom. The van der Waals surface area contributed by atoms with Gasteiger partial charge in [-0.15, -0.1) is 10.2 Å². The molecule has 0 aliphatic carbocycles. The van der Waals surface area contributed by atoms with E-state index in [1.54, 1.807) is 24.3 Å². The Labute approximate surface area is 191 Å². The molecule has 0 aliphatic rings. The van der Waals surface area contributed by atoms with Crippen molar-refractivity contribution in [3.63, 3.8) is 0 Å². The Morgan fingerprint density at radius 1 is 1.18 bits per heavy atom. The fourth-order valence-electron chi connectivity index (χ4n) is 2.72. The number of alkyl halides is 3. The van der Waals surface area contributed by atoms with Crippen LogP contribution >= 0.6 is 11.3 Å². The first-order chi connectivity index (χ1) is 15.7. The molecule has 1 unspecified atom stereocenters. The summed E-state index contributed by atoms with van der Waals surface area (Å²) in [5.41, 5.74) is 1.08. The second kappa shape index (κ2) is 10.1. The van der Waals surface area contributed by atoms with E-state index in [0.29, 0.717) is 17.1 Å². The molecule has 1 N–H and O–H groups in total. The van der Waals surface area contributed by atoms with Gasteiger partial charge in [0.05, 0.1) is 7.11 Å². The van der Waals surface area contributed by atoms with Crippen LogP contribution in [-0.2, 0) is 11.0 Å². The topological polar surface area (TPSA) is 97.1 Å². The van der Waals surface area contributed by atoms with Crippen molar-refractivity contribution in [1.82, 2.24) is 10.2 Å². The maximum Gasteiger partial charge on any atom is 0.445 e. The van der Waals surface area contributed by atoms with Crippen molar-refractivity contribution in [1.29, 1.82) is 5.26 Å². The largest absolute Gasteiger partial charge is 0.493 e. The lowest BCUT2D eigenvalue weighted by Gasteiger charge is -2.17. The fourth-order valence-corrected chi connectivity index (χ4v) is 3.33. The molecule has 0 bridgehead atoms. The molecular weight excluding hydrogens is 457 g/mol. The number of carbonyl (C=O) groups excluding carboxylic acids is 1. The number of nitrogens with one attached hydrogen (secondary N) is 1. The number of ether oxygens (including phenoxy) is 2.